The van der Waals surface area contributed by atoms with Gasteiger partial charge in [0, 0.05) is 4.47 Å². The molecule has 4 heteroatoms. The first-order valence-electron chi connectivity index (χ1n) is 6.04. The van der Waals surface area contributed by atoms with E-state index in [9.17, 15) is 8.78 Å². The second-order valence-electron chi connectivity index (χ2n) is 4.54. The molecule has 0 bridgehead atoms. The highest BCUT2D eigenvalue weighted by atomic mass is 79.9. The van der Waals surface area contributed by atoms with Crippen molar-refractivity contribution in [2.45, 2.75) is 18.9 Å². The fourth-order valence-corrected chi connectivity index (χ4v) is 2.83. The molecule has 1 aliphatic carbocycles. The SMILES string of the molecule is Fc1cc(Br)cc(F)c1OC1CCc2ccccc21. The van der Waals surface area contributed by atoms with E-state index in [0.717, 1.165) is 18.4 Å². The van der Waals surface area contributed by atoms with E-state index in [1.807, 2.05) is 24.3 Å². The zero-order valence-corrected chi connectivity index (χ0v) is 11.6. The van der Waals surface area contributed by atoms with Crippen molar-refractivity contribution < 1.29 is 13.5 Å². The summed E-state index contributed by atoms with van der Waals surface area (Å²) in [4.78, 5) is 0. The third-order valence-electron chi connectivity index (χ3n) is 3.30. The molecule has 0 spiro atoms. The van der Waals surface area contributed by atoms with E-state index in [-0.39, 0.29) is 11.9 Å². The van der Waals surface area contributed by atoms with Crippen LogP contribution in [0.1, 0.15) is 23.7 Å². The topological polar surface area (TPSA) is 9.23 Å². The van der Waals surface area contributed by atoms with Gasteiger partial charge in [-0.25, -0.2) is 8.78 Å². The van der Waals surface area contributed by atoms with Gasteiger partial charge >= 0.3 is 0 Å². The smallest absolute Gasteiger partial charge is 0.191 e. The molecule has 1 nitrogen and oxygen atoms in total. The lowest BCUT2D eigenvalue weighted by atomic mass is 10.1. The molecule has 0 radical (unpaired) electrons. The van der Waals surface area contributed by atoms with Gasteiger partial charge in [0.25, 0.3) is 0 Å². The molecule has 2 aromatic rings. The molecule has 0 saturated carbocycles. The van der Waals surface area contributed by atoms with Crippen LogP contribution in [-0.4, -0.2) is 0 Å². The fraction of sp³-hybridized carbons (Fsp3) is 0.200. The average Bonchev–Trinajstić information content (AvgIpc) is 2.77. The maximum atomic E-state index is 13.7. The summed E-state index contributed by atoms with van der Waals surface area (Å²) in [6.45, 7) is 0. The van der Waals surface area contributed by atoms with Crippen molar-refractivity contribution in [1.82, 2.24) is 0 Å². The van der Waals surface area contributed by atoms with Crippen LogP contribution in [0.25, 0.3) is 0 Å². The normalized spacial score (nSPS) is 17.3. The van der Waals surface area contributed by atoms with Crippen molar-refractivity contribution in [1.29, 1.82) is 0 Å². The molecule has 2 aromatic carbocycles. The van der Waals surface area contributed by atoms with Crippen molar-refractivity contribution >= 4 is 15.9 Å². The Balaban J connectivity index is 1.92. The van der Waals surface area contributed by atoms with Gasteiger partial charge in [-0.2, -0.15) is 0 Å². The van der Waals surface area contributed by atoms with Crippen molar-refractivity contribution in [3.63, 3.8) is 0 Å². The summed E-state index contributed by atoms with van der Waals surface area (Å²) in [5.41, 5.74) is 2.20. The number of aryl methyl sites for hydroxylation is 1. The van der Waals surface area contributed by atoms with Crippen LogP contribution in [0.4, 0.5) is 8.78 Å². The lowest BCUT2D eigenvalue weighted by Gasteiger charge is -2.16. The van der Waals surface area contributed by atoms with E-state index in [2.05, 4.69) is 15.9 Å². The summed E-state index contributed by atoms with van der Waals surface area (Å²) in [5.74, 6) is -1.67. The second-order valence-corrected chi connectivity index (χ2v) is 5.46. The number of halogens is 3. The second kappa shape index (κ2) is 4.93. The van der Waals surface area contributed by atoms with Crippen molar-refractivity contribution in [3.05, 3.63) is 63.6 Å². The van der Waals surface area contributed by atoms with Gasteiger partial charge in [-0.05, 0) is 36.1 Å². The first kappa shape index (κ1) is 12.6. The van der Waals surface area contributed by atoms with E-state index in [4.69, 9.17) is 4.74 Å². The molecule has 0 aliphatic heterocycles. The quantitative estimate of drug-likeness (QED) is 0.771. The number of rotatable bonds is 2. The zero-order valence-electron chi connectivity index (χ0n) is 10.00. The van der Waals surface area contributed by atoms with Crippen LogP contribution in [0, 0.1) is 11.6 Å². The predicted molar refractivity (Wildman–Crippen MR) is 72.2 cm³/mol. The third kappa shape index (κ3) is 2.37. The van der Waals surface area contributed by atoms with Gasteiger partial charge in [-0.1, -0.05) is 40.2 Å². The van der Waals surface area contributed by atoms with E-state index in [0.29, 0.717) is 4.47 Å². The Morgan fingerprint density at radius 3 is 2.53 bits per heavy atom. The molecule has 0 fully saturated rings. The van der Waals surface area contributed by atoms with Crippen molar-refractivity contribution in [2.24, 2.45) is 0 Å². The summed E-state index contributed by atoms with van der Waals surface area (Å²) >= 11 is 3.05. The molecule has 1 atom stereocenters. The van der Waals surface area contributed by atoms with Crippen LogP contribution in [0.15, 0.2) is 40.9 Å². The Kier molecular flexibility index (Phi) is 3.27. The third-order valence-corrected chi connectivity index (χ3v) is 3.76. The molecule has 3 rings (SSSR count). The lowest BCUT2D eigenvalue weighted by Crippen LogP contribution is -2.06. The molecule has 19 heavy (non-hydrogen) atoms. The molecular formula is C15H11BrF2O. The highest BCUT2D eigenvalue weighted by Crippen LogP contribution is 2.37. The Morgan fingerprint density at radius 1 is 1.11 bits per heavy atom. The number of fused-ring (bicyclic) bond motifs is 1. The number of benzene rings is 2. The Hall–Kier alpha value is -1.42. The van der Waals surface area contributed by atoms with Crippen LogP contribution < -0.4 is 4.74 Å². The monoisotopic (exact) mass is 324 g/mol. The molecule has 1 unspecified atom stereocenters. The van der Waals surface area contributed by atoms with Gasteiger partial charge in [-0.3, -0.25) is 0 Å². The Bertz CT molecular complexity index is 604. The van der Waals surface area contributed by atoms with Crippen LogP contribution in [0.5, 0.6) is 5.75 Å². The molecular weight excluding hydrogens is 314 g/mol. The zero-order chi connectivity index (χ0) is 13.4. The summed E-state index contributed by atoms with van der Waals surface area (Å²) in [5, 5.41) is 0. The molecule has 1 aliphatic rings. The van der Waals surface area contributed by atoms with Crippen molar-refractivity contribution in [3.8, 4) is 5.75 Å². The van der Waals surface area contributed by atoms with E-state index < -0.39 is 11.6 Å². The maximum absolute atomic E-state index is 13.7. The van der Waals surface area contributed by atoms with E-state index in [1.165, 1.54) is 17.7 Å². The Labute approximate surface area is 118 Å². The number of hydrogen-bond donors (Lipinski definition) is 0. The average molecular weight is 325 g/mol. The van der Waals surface area contributed by atoms with E-state index >= 15 is 0 Å². The summed E-state index contributed by atoms with van der Waals surface area (Å²) in [7, 11) is 0. The summed E-state index contributed by atoms with van der Waals surface area (Å²) in [6.07, 6.45) is 1.34. The van der Waals surface area contributed by atoms with Gasteiger partial charge in [0.1, 0.15) is 6.10 Å². The lowest BCUT2D eigenvalue weighted by molar-refractivity contribution is 0.188. The van der Waals surface area contributed by atoms with E-state index in [1.54, 1.807) is 0 Å². The van der Waals surface area contributed by atoms with Crippen molar-refractivity contribution in [2.75, 3.05) is 0 Å². The van der Waals surface area contributed by atoms with Crippen LogP contribution in [0.3, 0.4) is 0 Å². The van der Waals surface area contributed by atoms with Crippen LogP contribution in [0.2, 0.25) is 0 Å². The fourth-order valence-electron chi connectivity index (χ4n) is 2.42. The highest BCUT2D eigenvalue weighted by molar-refractivity contribution is 9.10. The number of hydrogen-bond acceptors (Lipinski definition) is 1. The first-order chi connectivity index (χ1) is 9.15. The number of ether oxygens (including phenoxy) is 1. The van der Waals surface area contributed by atoms with Crippen LogP contribution >= 0.6 is 15.9 Å². The minimum Gasteiger partial charge on any atom is -0.480 e. The summed E-state index contributed by atoms with van der Waals surface area (Å²) in [6, 6.07) is 10.3. The molecule has 0 amide bonds. The predicted octanol–water partition coefficient (Wildman–Crippen LogP) is 4.79. The molecule has 0 N–H and O–H groups in total. The molecule has 0 saturated heterocycles. The highest BCUT2D eigenvalue weighted by Gasteiger charge is 2.25. The van der Waals surface area contributed by atoms with Gasteiger partial charge in [-0.15, -0.1) is 0 Å². The molecule has 0 aromatic heterocycles. The minimum absolute atomic E-state index is 0.277. The largest absolute Gasteiger partial charge is 0.480 e. The van der Waals surface area contributed by atoms with Gasteiger partial charge in [0.05, 0.1) is 0 Å². The standard InChI is InChI=1S/C15H11BrF2O/c16-10-7-12(17)15(13(18)8-10)19-14-6-5-9-3-1-2-4-11(9)14/h1-4,7-8,14H,5-6H2. The van der Waals surface area contributed by atoms with Crippen LogP contribution in [-0.2, 0) is 6.42 Å². The molecule has 0 heterocycles. The van der Waals surface area contributed by atoms with Gasteiger partial charge < -0.3 is 4.74 Å². The first-order valence-corrected chi connectivity index (χ1v) is 6.83. The summed E-state index contributed by atoms with van der Waals surface area (Å²) < 4.78 is 33.4. The van der Waals surface area contributed by atoms with Gasteiger partial charge in [0.2, 0.25) is 0 Å². The molecule has 98 valence electrons. The minimum atomic E-state index is -0.684. The maximum Gasteiger partial charge on any atom is 0.191 e. The Morgan fingerprint density at radius 2 is 1.79 bits per heavy atom. The van der Waals surface area contributed by atoms with Gasteiger partial charge in [0.15, 0.2) is 17.4 Å².